The third kappa shape index (κ3) is 4.24. The van der Waals surface area contributed by atoms with Gasteiger partial charge in [0.05, 0.1) is 11.6 Å². The van der Waals surface area contributed by atoms with Gasteiger partial charge in [-0.3, -0.25) is 9.69 Å². The van der Waals surface area contributed by atoms with Crippen LogP contribution in [0.4, 0.5) is 5.69 Å². The molecule has 0 radical (unpaired) electrons. The molecule has 5 heteroatoms. The average Bonchev–Trinajstić information content (AvgIpc) is 3.21. The molecule has 1 saturated heterocycles. The van der Waals surface area contributed by atoms with Crippen LogP contribution in [0.5, 0.6) is 0 Å². The van der Waals surface area contributed by atoms with Crippen LogP contribution in [0.25, 0.3) is 0 Å². The summed E-state index contributed by atoms with van der Waals surface area (Å²) in [5, 5.41) is 1.41. The zero-order valence-electron chi connectivity index (χ0n) is 16.1. The Bertz CT molecular complexity index is 998. The molecular weight excluding hydrogens is 400 g/mol. The highest BCUT2D eigenvalue weighted by Gasteiger charge is 2.33. The largest absolute Gasteiger partial charge is 0.290 e. The first-order valence-corrected chi connectivity index (χ1v) is 10.9. The first kappa shape index (κ1) is 19.7. The molecular formula is C24H21ClN2OS. The Balaban J connectivity index is 1.72. The number of rotatable bonds is 4. The minimum atomic E-state index is -0.359. The summed E-state index contributed by atoms with van der Waals surface area (Å²) in [5.41, 5.74) is 3.69. The monoisotopic (exact) mass is 420 g/mol. The molecule has 1 amide bonds. The maximum atomic E-state index is 13.7. The Morgan fingerprint density at radius 1 is 0.966 bits per heavy atom. The van der Waals surface area contributed by atoms with E-state index in [0.717, 1.165) is 33.3 Å². The summed E-state index contributed by atoms with van der Waals surface area (Å²) in [7, 11) is 0. The number of halogens is 1. The summed E-state index contributed by atoms with van der Waals surface area (Å²) < 4.78 is 0. The van der Waals surface area contributed by atoms with E-state index < -0.39 is 0 Å². The van der Waals surface area contributed by atoms with Crippen molar-refractivity contribution < 1.29 is 4.79 Å². The van der Waals surface area contributed by atoms with Crippen LogP contribution in [0.15, 0.2) is 83.9 Å². The van der Waals surface area contributed by atoms with E-state index >= 15 is 0 Å². The molecule has 146 valence electrons. The smallest absolute Gasteiger partial charge is 0.240 e. The van der Waals surface area contributed by atoms with E-state index in [1.807, 2.05) is 90.7 Å². The Labute approximate surface area is 180 Å². The number of hydrogen-bond donors (Lipinski definition) is 0. The zero-order chi connectivity index (χ0) is 20.2. The van der Waals surface area contributed by atoms with Crippen molar-refractivity contribution in [2.75, 3.05) is 12.3 Å². The second-order valence-electron chi connectivity index (χ2n) is 6.87. The second-order valence-corrected chi connectivity index (χ2v) is 8.34. The molecule has 0 aromatic heterocycles. The van der Waals surface area contributed by atoms with Crippen molar-refractivity contribution >= 4 is 40.1 Å². The number of carbonyl (C=O) groups excluding carboxylic acids is 1. The Kier molecular flexibility index (Phi) is 6.02. The lowest BCUT2D eigenvalue weighted by atomic mass is 9.90. The van der Waals surface area contributed by atoms with E-state index in [0.29, 0.717) is 11.6 Å². The number of amidine groups is 1. The van der Waals surface area contributed by atoms with E-state index in [9.17, 15) is 4.79 Å². The highest BCUT2D eigenvalue weighted by atomic mass is 35.5. The Morgan fingerprint density at radius 2 is 1.59 bits per heavy atom. The van der Waals surface area contributed by atoms with E-state index in [-0.39, 0.29) is 11.8 Å². The fraction of sp³-hybridized carbons (Fsp3) is 0.167. The standard InChI is InChI=1S/C24H21ClN2OS/c1-17-20(25)13-8-14-21(17)26-24-27(15-16-29-24)23(28)22(18-9-4-2-5-10-18)19-11-6-3-7-12-19/h2-14,22H,15-16H2,1H3. The quantitative estimate of drug-likeness (QED) is 0.515. The molecule has 0 aliphatic carbocycles. The average molecular weight is 421 g/mol. The second kappa shape index (κ2) is 8.85. The van der Waals surface area contributed by atoms with Crippen LogP contribution in [0.1, 0.15) is 22.6 Å². The molecule has 0 atom stereocenters. The van der Waals surface area contributed by atoms with Crippen molar-refractivity contribution in [1.82, 2.24) is 4.90 Å². The number of thioether (sulfide) groups is 1. The van der Waals surface area contributed by atoms with Crippen LogP contribution in [0.3, 0.4) is 0 Å². The molecule has 29 heavy (non-hydrogen) atoms. The van der Waals surface area contributed by atoms with Crippen LogP contribution < -0.4 is 0 Å². The van der Waals surface area contributed by atoms with E-state index in [4.69, 9.17) is 16.6 Å². The molecule has 1 aliphatic heterocycles. The van der Waals surface area contributed by atoms with E-state index in [1.165, 1.54) is 0 Å². The van der Waals surface area contributed by atoms with E-state index in [2.05, 4.69) is 0 Å². The van der Waals surface area contributed by atoms with Crippen molar-refractivity contribution in [3.8, 4) is 0 Å². The Hall–Kier alpha value is -2.56. The highest BCUT2D eigenvalue weighted by molar-refractivity contribution is 8.14. The fourth-order valence-corrected chi connectivity index (χ4v) is 4.57. The van der Waals surface area contributed by atoms with Gasteiger partial charge in [0.1, 0.15) is 0 Å². The molecule has 0 spiro atoms. The molecule has 4 rings (SSSR count). The predicted molar refractivity (Wildman–Crippen MR) is 122 cm³/mol. The van der Waals surface area contributed by atoms with Crippen LogP contribution in [-0.2, 0) is 4.79 Å². The zero-order valence-corrected chi connectivity index (χ0v) is 17.7. The lowest BCUT2D eigenvalue weighted by molar-refractivity contribution is -0.127. The first-order valence-electron chi connectivity index (χ1n) is 9.53. The molecule has 3 aromatic carbocycles. The van der Waals surface area contributed by atoms with Gasteiger partial charge in [0, 0.05) is 17.3 Å². The lowest BCUT2D eigenvalue weighted by Gasteiger charge is -2.24. The summed E-state index contributed by atoms with van der Waals surface area (Å²) in [4.78, 5) is 20.3. The van der Waals surface area contributed by atoms with Crippen LogP contribution in [0.2, 0.25) is 5.02 Å². The molecule has 1 heterocycles. The van der Waals surface area contributed by atoms with Crippen molar-refractivity contribution in [3.63, 3.8) is 0 Å². The van der Waals surface area contributed by atoms with Gasteiger partial charge in [0.15, 0.2) is 5.17 Å². The molecule has 0 bridgehead atoms. The van der Waals surface area contributed by atoms with Gasteiger partial charge in [-0.1, -0.05) is 90.1 Å². The third-order valence-electron chi connectivity index (χ3n) is 5.01. The summed E-state index contributed by atoms with van der Waals surface area (Å²) in [5.74, 6) is 0.521. The third-order valence-corrected chi connectivity index (χ3v) is 6.38. The number of amides is 1. The summed E-state index contributed by atoms with van der Waals surface area (Å²) >= 11 is 7.86. The molecule has 0 saturated carbocycles. The lowest BCUT2D eigenvalue weighted by Crippen LogP contribution is -2.36. The fourth-order valence-electron chi connectivity index (χ4n) is 3.44. The predicted octanol–water partition coefficient (Wildman–Crippen LogP) is 6.04. The number of carbonyl (C=O) groups is 1. The maximum Gasteiger partial charge on any atom is 0.240 e. The number of hydrogen-bond acceptors (Lipinski definition) is 3. The van der Waals surface area contributed by atoms with Gasteiger partial charge in [0.2, 0.25) is 5.91 Å². The minimum absolute atomic E-state index is 0.0471. The minimum Gasteiger partial charge on any atom is -0.290 e. The van der Waals surface area contributed by atoms with Crippen LogP contribution >= 0.6 is 23.4 Å². The summed E-state index contributed by atoms with van der Waals surface area (Å²) in [6.45, 7) is 2.60. The van der Waals surface area contributed by atoms with Gasteiger partial charge in [0.25, 0.3) is 0 Å². The van der Waals surface area contributed by atoms with Crippen LogP contribution in [-0.4, -0.2) is 28.3 Å². The maximum absolute atomic E-state index is 13.7. The normalized spacial score (nSPS) is 15.3. The molecule has 3 aromatic rings. The topological polar surface area (TPSA) is 32.7 Å². The molecule has 3 nitrogen and oxygen atoms in total. The van der Waals surface area contributed by atoms with Gasteiger partial charge < -0.3 is 0 Å². The van der Waals surface area contributed by atoms with E-state index in [1.54, 1.807) is 11.8 Å². The van der Waals surface area contributed by atoms with Gasteiger partial charge in [-0.2, -0.15) is 0 Å². The first-order chi connectivity index (χ1) is 14.1. The molecule has 0 unspecified atom stereocenters. The van der Waals surface area contributed by atoms with Crippen molar-refractivity contribution in [3.05, 3.63) is 101 Å². The number of aliphatic imine (C=N–C) groups is 1. The van der Waals surface area contributed by atoms with Gasteiger partial charge in [-0.05, 0) is 35.7 Å². The number of nitrogens with zero attached hydrogens (tertiary/aromatic N) is 2. The summed E-state index contributed by atoms with van der Waals surface area (Å²) in [6.07, 6.45) is 0. The van der Waals surface area contributed by atoms with Crippen molar-refractivity contribution in [1.29, 1.82) is 0 Å². The van der Waals surface area contributed by atoms with Gasteiger partial charge in [-0.15, -0.1) is 0 Å². The molecule has 1 aliphatic rings. The van der Waals surface area contributed by atoms with Crippen molar-refractivity contribution in [2.24, 2.45) is 4.99 Å². The van der Waals surface area contributed by atoms with Crippen molar-refractivity contribution in [2.45, 2.75) is 12.8 Å². The number of benzene rings is 3. The van der Waals surface area contributed by atoms with Crippen LogP contribution in [0, 0.1) is 6.92 Å². The SMILES string of the molecule is Cc1c(Cl)cccc1N=C1SCCN1C(=O)C(c1ccccc1)c1ccccc1. The molecule has 0 N–H and O–H groups in total. The highest BCUT2D eigenvalue weighted by Crippen LogP contribution is 2.33. The summed E-state index contributed by atoms with van der Waals surface area (Å²) in [6, 6.07) is 25.5. The van der Waals surface area contributed by atoms with Gasteiger partial charge in [-0.25, -0.2) is 4.99 Å². The van der Waals surface area contributed by atoms with Gasteiger partial charge >= 0.3 is 0 Å². The Morgan fingerprint density at radius 3 is 2.21 bits per heavy atom. The molecule has 1 fully saturated rings.